The molecule has 4 heteroatoms. The van der Waals surface area contributed by atoms with Crippen molar-refractivity contribution < 1.29 is 4.39 Å². The molecule has 0 aliphatic carbocycles. The third-order valence-corrected chi connectivity index (χ3v) is 4.76. The van der Waals surface area contributed by atoms with Gasteiger partial charge in [-0.15, -0.1) is 11.8 Å². The van der Waals surface area contributed by atoms with E-state index in [9.17, 15) is 4.39 Å². The van der Waals surface area contributed by atoms with Crippen molar-refractivity contribution in [2.75, 3.05) is 12.3 Å². The molecule has 0 aromatic heterocycles. The molecule has 0 heterocycles. The van der Waals surface area contributed by atoms with Gasteiger partial charge in [0.15, 0.2) is 0 Å². The first kappa shape index (κ1) is 16.5. The summed E-state index contributed by atoms with van der Waals surface area (Å²) in [4.78, 5) is 1.24. The maximum atomic E-state index is 13.3. The molecule has 0 aliphatic heterocycles. The minimum Gasteiger partial charge on any atom is -0.313 e. The van der Waals surface area contributed by atoms with Gasteiger partial charge in [-0.1, -0.05) is 41.1 Å². The van der Waals surface area contributed by atoms with Gasteiger partial charge in [-0.3, -0.25) is 0 Å². The molecule has 21 heavy (non-hydrogen) atoms. The van der Waals surface area contributed by atoms with E-state index in [0.717, 1.165) is 28.8 Å². The molecule has 2 aromatic rings. The van der Waals surface area contributed by atoms with E-state index in [4.69, 9.17) is 0 Å². The molecule has 0 bridgehead atoms. The molecular weight excluding hydrogens is 349 g/mol. The Bertz CT molecular complexity index is 576. The van der Waals surface area contributed by atoms with Crippen molar-refractivity contribution in [2.45, 2.75) is 24.3 Å². The van der Waals surface area contributed by atoms with Crippen LogP contribution in [-0.4, -0.2) is 18.3 Å². The molecule has 1 nitrogen and oxygen atoms in total. The zero-order valence-corrected chi connectivity index (χ0v) is 14.4. The van der Waals surface area contributed by atoms with E-state index in [1.165, 1.54) is 11.0 Å². The molecule has 0 radical (unpaired) electrons. The maximum absolute atomic E-state index is 13.3. The van der Waals surface area contributed by atoms with E-state index in [0.29, 0.717) is 6.04 Å². The maximum Gasteiger partial charge on any atom is 0.123 e. The number of hydrogen-bond donors (Lipinski definition) is 1. The van der Waals surface area contributed by atoms with Crippen LogP contribution in [-0.2, 0) is 6.42 Å². The average Bonchev–Trinajstić information content (AvgIpc) is 2.45. The lowest BCUT2D eigenvalue weighted by Gasteiger charge is -2.18. The standard InChI is InChI=1S/C17H19BrFNS/c1-2-20-16(10-13-5-3-7-15(19)9-13)12-21-17-8-4-6-14(18)11-17/h3-9,11,16,20H,2,10,12H2,1H3. The van der Waals surface area contributed by atoms with E-state index < -0.39 is 0 Å². The second-order valence-electron chi connectivity index (χ2n) is 4.86. The van der Waals surface area contributed by atoms with Crippen molar-refractivity contribution >= 4 is 27.7 Å². The summed E-state index contributed by atoms with van der Waals surface area (Å²) < 4.78 is 14.4. The number of rotatable bonds is 7. The van der Waals surface area contributed by atoms with Gasteiger partial charge in [0.2, 0.25) is 0 Å². The highest BCUT2D eigenvalue weighted by Crippen LogP contribution is 2.23. The smallest absolute Gasteiger partial charge is 0.123 e. The van der Waals surface area contributed by atoms with Crippen LogP contribution in [0.1, 0.15) is 12.5 Å². The highest BCUT2D eigenvalue weighted by molar-refractivity contribution is 9.10. The molecule has 112 valence electrons. The number of hydrogen-bond acceptors (Lipinski definition) is 2. The molecule has 0 fully saturated rings. The summed E-state index contributed by atoms with van der Waals surface area (Å²) in [5.41, 5.74) is 1.04. The summed E-state index contributed by atoms with van der Waals surface area (Å²) in [6, 6.07) is 15.5. The summed E-state index contributed by atoms with van der Waals surface area (Å²) in [5.74, 6) is 0.795. The van der Waals surface area contributed by atoms with E-state index in [2.05, 4.69) is 40.3 Å². The fourth-order valence-electron chi connectivity index (χ4n) is 2.18. The Morgan fingerprint density at radius 1 is 1.19 bits per heavy atom. The van der Waals surface area contributed by atoms with Crippen molar-refractivity contribution in [1.82, 2.24) is 5.32 Å². The lowest BCUT2D eigenvalue weighted by Crippen LogP contribution is -2.33. The molecule has 0 spiro atoms. The molecular formula is C17H19BrFNS. The minimum absolute atomic E-state index is 0.164. The van der Waals surface area contributed by atoms with Gasteiger partial charge in [0.05, 0.1) is 0 Å². The quantitative estimate of drug-likeness (QED) is 0.698. The molecule has 0 saturated carbocycles. The van der Waals surface area contributed by atoms with E-state index in [1.54, 1.807) is 12.1 Å². The number of benzene rings is 2. The second-order valence-corrected chi connectivity index (χ2v) is 6.87. The third-order valence-electron chi connectivity index (χ3n) is 3.11. The highest BCUT2D eigenvalue weighted by Gasteiger charge is 2.10. The van der Waals surface area contributed by atoms with Crippen LogP contribution in [0.2, 0.25) is 0 Å². The zero-order valence-electron chi connectivity index (χ0n) is 12.0. The number of likely N-dealkylation sites (N-methyl/N-ethyl adjacent to an activating group) is 1. The van der Waals surface area contributed by atoms with Gasteiger partial charge in [-0.05, 0) is 48.9 Å². The van der Waals surface area contributed by atoms with Crippen LogP contribution in [0.15, 0.2) is 57.9 Å². The topological polar surface area (TPSA) is 12.0 Å². The fourth-order valence-corrected chi connectivity index (χ4v) is 3.75. The Balaban J connectivity index is 1.95. The summed E-state index contributed by atoms with van der Waals surface area (Å²) in [5, 5.41) is 3.48. The fraction of sp³-hybridized carbons (Fsp3) is 0.294. The normalized spacial score (nSPS) is 12.3. The molecule has 1 N–H and O–H groups in total. The molecule has 1 atom stereocenters. The van der Waals surface area contributed by atoms with Crippen LogP contribution < -0.4 is 5.32 Å². The van der Waals surface area contributed by atoms with E-state index >= 15 is 0 Å². The van der Waals surface area contributed by atoms with Crippen molar-refractivity contribution in [2.24, 2.45) is 0 Å². The van der Waals surface area contributed by atoms with E-state index in [1.807, 2.05) is 30.0 Å². The first-order valence-corrected chi connectivity index (χ1v) is 8.81. The monoisotopic (exact) mass is 367 g/mol. The van der Waals surface area contributed by atoms with Crippen LogP contribution in [0, 0.1) is 5.82 Å². The first-order valence-electron chi connectivity index (χ1n) is 7.03. The Kier molecular flexibility index (Phi) is 6.74. The van der Waals surface area contributed by atoms with Crippen molar-refractivity contribution in [3.63, 3.8) is 0 Å². The predicted molar refractivity (Wildman–Crippen MR) is 92.4 cm³/mol. The predicted octanol–water partition coefficient (Wildman–Crippen LogP) is 4.90. The Morgan fingerprint density at radius 2 is 2.00 bits per heavy atom. The largest absolute Gasteiger partial charge is 0.313 e. The summed E-state index contributed by atoms with van der Waals surface area (Å²) in [6.45, 7) is 3.02. The Labute approximate surface area is 138 Å². The van der Waals surface area contributed by atoms with Gasteiger partial charge in [-0.2, -0.15) is 0 Å². The molecule has 2 rings (SSSR count). The van der Waals surface area contributed by atoms with Gasteiger partial charge in [0, 0.05) is 21.2 Å². The van der Waals surface area contributed by atoms with Crippen LogP contribution in [0.4, 0.5) is 4.39 Å². The Hall–Kier alpha value is -0.840. The van der Waals surface area contributed by atoms with Gasteiger partial charge in [-0.25, -0.2) is 4.39 Å². The summed E-state index contributed by atoms with van der Waals surface area (Å²) >= 11 is 5.31. The van der Waals surface area contributed by atoms with Gasteiger partial charge < -0.3 is 5.32 Å². The lowest BCUT2D eigenvalue weighted by molar-refractivity contribution is 0.568. The third kappa shape index (κ3) is 5.81. The van der Waals surface area contributed by atoms with Crippen molar-refractivity contribution in [3.05, 3.63) is 64.4 Å². The number of nitrogens with one attached hydrogen (secondary N) is 1. The van der Waals surface area contributed by atoms with Gasteiger partial charge in [0.25, 0.3) is 0 Å². The summed E-state index contributed by atoms with van der Waals surface area (Å²) in [7, 11) is 0. The lowest BCUT2D eigenvalue weighted by atomic mass is 10.1. The van der Waals surface area contributed by atoms with Crippen LogP contribution in [0.3, 0.4) is 0 Å². The van der Waals surface area contributed by atoms with Crippen LogP contribution in [0.25, 0.3) is 0 Å². The number of thioether (sulfide) groups is 1. The zero-order chi connectivity index (χ0) is 15.1. The molecule has 1 unspecified atom stereocenters. The van der Waals surface area contributed by atoms with Gasteiger partial charge >= 0.3 is 0 Å². The molecule has 0 saturated heterocycles. The molecule has 2 aromatic carbocycles. The first-order chi connectivity index (χ1) is 10.2. The van der Waals surface area contributed by atoms with E-state index in [-0.39, 0.29) is 5.82 Å². The summed E-state index contributed by atoms with van der Waals surface area (Å²) in [6.07, 6.45) is 0.840. The molecule has 0 aliphatic rings. The van der Waals surface area contributed by atoms with Crippen molar-refractivity contribution in [3.8, 4) is 0 Å². The Morgan fingerprint density at radius 3 is 2.71 bits per heavy atom. The second kappa shape index (κ2) is 8.57. The SMILES string of the molecule is CCNC(CSc1cccc(Br)c1)Cc1cccc(F)c1. The van der Waals surface area contributed by atoms with Crippen molar-refractivity contribution in [1.29, 1.82) is 0 Å². The van der Waals surface area contributed by atoms with Crippen LogP contribution in [0.5, 0.6) is 0 Å². The minimum atomic E-state index is -0.164. The molecule has 0 amide bonds. The van der Waals surface area contributed by atoms with Gasteiger partial charge in [0.1, 0.15) is 5.82 Å². The number of halogens is 2. The highest BCUT2D eigenvalue weighted by atomic mass is 79.9. The van der Waals surface area contributed by atoms with Crippen LogP contribution >= 0.6 is 27.7 Å². The average molecular weight is 368 g/mol.